The Morgan fingerprint density at radius 2 is 1.66 bits per heavy atom. The second kappa shape index (κ2) is 17.8. The van der Waals surface area contributed by atoms with Crippen molar-refractivity contribution in [2.75, 3.05) is 21.0 Å². The van der Waals surface area contributed by atoms with Gasteiger partial charge in [0, 0.05) is 13.2 Å². The Balaban J connectivity index is 1.62. The molecule has 1 aliphatic heterocycles. The Morgan fingerprint density at radius 1 is 0.940 bits per heavy atom. The maximum Gasteiger partial charge on any atom is 0.340 e. The number of carboxylic acid groups (broad SMARTS) is 1. The van der Waals surface area contributed by atoms with Crippen LogP contribution < -0.4 is 14.2 Å². The van der Waals surface area contributed by atoms with Crippen molar-refractivity contribution < 1.29 is 53.0 Å². The van der Waals surface area contributed by atoms with Crippen molar-refractivity contribution in [3.8, 4) is 17.2 Å². The molecule has 1 aliphatic rings. The number of methoxy groups -OCH3 is 2. The first kappa shape index (κ1) is 38.1. The molecular weight excluding hydrogens is 644 g/mol. The van der Waals surface area contributed by atoms with Crippen LogP contribution >= 0.6 is 0 Å². The molecule has 1 heterocycles. The molecular formula is C39H46O11. The molecule has 11 heteroatoms. The Hall–Kier alpha value is -4.68. The molecule has 2 N–H and O–H groups in total. The topological polar surface area (TPSA) is 139 Å². The van der Waals surface area contributed by atoms with Gasteiger partial charge in [-0.15, -0.1) is 0 Å². The molecule has 0 bridgehead atoms. The molecule has 3 aromatic carbocycles. The summed E-state index contributed by atoms with van der Waals surface area (Å²) in [7, 11) is 3.03. The van der Waals surface area contributed by atoms with Crippen LogP contribution in [-0.2, 0) is 25.6 Å². The van der Waals surface area contributed by atoms with Gasteiger partial charge in [-0.1, -0.05) is 55.5 Å². The van der Waals surface area contributed by atoms with E-state index in [1.54, 1.807) is 82.5 Å². The predicted octanol–water partition coefficient (Wildman–Crippen LogP) is 6.68. The molecule has 0 saturated carbocycles. The summed E-state index contributed by atoms with van der Waals surface area (Å²) < 4.78 is 40.5. The normalized spacial score (nSPS) is 18.9. The van der Waals surface area contributed by atoms with Crippen molar-refractivity contribution in [2.24, 2.45) is 5.92 Å². The van der Waals surface area contributed by atoms with Gasteiger partial charge in [0.1, 0.15) is 41.6 Å². The van der Waals surface area contributed by atoms with Gasteiger partial charge in [-0.25, -0.2) is 9.59 Å². The summed E-state index contributed by atoms with van der Waals surface area (Å²) in [6.45, 7) is 7.13. The number of hydrogen-bond donors (Lipinski definition) is 2. The largest absolute Gasteiger partial charge is 0.497 e. The molecule has 0 radical (unpaired) electrons. The van der Waals surface area contributed by atoms with E-state index < -0.39 is 42.1 Å². The number of carboxylic acids is 1. The molecule has 0 amide bonds. The molecule has 1 unspecified atom stereocenters. The van der Waals surface area contributed by atoms with Gasteiger partial charge in [0.15, 0.2) is 12.6 Å². The highest BCUT2D eigenvalue weighted by molar-refractivity contribution is 5.95. The van der Waals surface area contributed by atoms with Gasteiger partial charge in [0.05, 0.1) is 24.9 Å². The van der Waals surface area contributed by atoms with Gasteiger partial charge in [-0.2, -0.15) is 0 Å². The number of aliphatic hydroxyl groups is 1. The third kappa shape index (κ3) is 10.7. The zero-order chi connectivity index (χ0) is 36.3. The van der Waals surface area contributed by atoms with E-state index in [-0.39, 0.29) is 37.1 Å². The lowest BCUT2D eigenvalue weighted by Crippen LogP contribution is -2.37. The van der Waals surface area contributed by atoms with Crippen LogP contribution in [0, 0.1) is 5.92 Å². The van der Waals surface area contributed by atoms with E-state index in [9.17, 15) is 19.8 Å². The van der Waals surface area contributed by atoms with Gasteiger partial charge in [0.25, 0.3) is 0 Å². The van der Waals surface area contributed by atoms with Gasteiger partial charge in [0.2, 0.25) is 0 Å². The Kier molecular flexibility index (Phi) is 13.6. The van der Waals surface area contributed by atoms with Crippen LogP contribution in [0.2, 0.25) is 0 Å². The fourth-order valence-electron chi connectivity index (χ4n) is 5.26. The number of benzene rings is 3. The molecule has 4 rings (SSSR count). The van der Waals surface area contributed by atoms with Crippen LogP contribution in [0.3, 0.4) is 0 Å². The maximum atomic E-state index is 13.2. The van der Waals surface area contributed by atoms with Gasteiger partial charge < -0.3 is 43.4 Å². The highest BCUT2D eigenvalue weighted by atomic mass is 16.8. The van der Waals surface area contributed by atoms with Crippen LogP contribution in [0.25, 0.3) is 6.08 Å². The summed E-state index contributed by atoms with van der Waals surface area (Å²) in [5, 5.41) is 20.3. The number of carbonyl (C=O) groups excluding carboxylic acids is 1. The number of rotatable bonds is 17. The monoisotopic (exact) mass is 690 g/mol. The maximum absolute atomic E-state index is 13.2. The zero-order valence-electron chi connectivity index (χ0n) is 29.2. The molecule has 11 nitrogen and oxygen atoms in total. The van der Waals surface area contributed by atoms with Crippen molar-refractivity contribution >= 4 is 18.0 Å². The van der Waals surface area contributed by atoms with Crippen molar-refractivity contribution in [2.45, 2.75) is 70.9 Å². The summed E-state index contributed by atoms with van der Waals surface area (Å²) in [4.78, 5) is 25.6. The number of carbonyl (C=O) groups is 2. The number of ether oxygens (including phenoxy) is 7. The fraction of sp³-hybridized carbons (Fsp3) is 0.385. The van der Waals surface area contributed by atoms with E-state index in [0.717, 1.165) is 11.3 Å². The van der Waals surface area contributed by atoms with Crippen LogP contribution in [-0.4, -0.2) is 73.4 Å². The smallest absolute Gasteiger partial charge is 0.340 e. The minimum atomic E-state index is -1.19. The molecule has 0 spiro atoms. The Morgan fingerprint density at radius 3 is 2.30 bits per heavy atom. The van der Waals surface area contributed by atoms with Crippen molar-refractivity contribution in [3.63, 3.8) is 0 Å². The van der Waals surface area contributed by atoms with E-state index in [2.05, 4.69) is 0 Å². The predicted molar refractivity (Wildman–Crippen MR) is 186 cm³/mol. The molecule has 0 aromatic heterocycles. The van der Waals surface area contributed by atoms with Crippen LogP contribution in [0.4, 0.5) is 0 Å². The first-order valence-electron chi connectivity index (χ1n) is 16.3. The van der Waals surface area contributed by atoms with Gasteiger partial charge in [-0.05, 0) is 80.6 Å². The second-order valence-corrected chi connectivity index (χ2v) is 12.4. The third-order valence-electron chi connectivity index (χ3n) is 8.05. The second-order valence-electron chi connectivity index (χ2n) is 12.4. The number of aromatic carboxylic acids is 1. The van der Waals surface area contributed by atoms with Crippen molar-refractivity contribution in [3.05, 3.63) is 107 Å². The molecule has 5 atom stereocenters. The zero-order valence-corrected chi connectivity index (χ0v) is 29.2. The minimum absolute atomic E-state index is 0.0692. The fourth-order valence-corrected chi connectivity index (χ4v) is 5.26. The molecule has 50 heavy (non-hydrogen) atoms. The Bertz CT molecular complexity index is 1610. The number of aliphatic hydroxyl groups excluding tert-OH is 1. The molecule has 3 aromatic rings. The lowest BCUT2D eigenvalue weighted by atomic mass is 9.99. The highest BCUT2D eigenvalue weighted by Crippen LogP contribution is 2.35. The number of esters is 1. The summed E-state index contributed by atoms with van der Waals surface area (Å²) in [6.07, 6.45) is 4.42. The van der Waals surface area contributed by atoms with Crippen LogP contribution in [0.15, 0.2) is 85.0 Å². The van der Waals surface area contributed by atoms with Gasteiger partial charge >= 0.3 is 11.9 Å². The van der Waals surface area contributed by atoms with E-state index in [0.29, 0.717) is 16.9 Å². The molecule has 1 fully saturated rings. The standard InChI is InChI=1S/C39H46O11/c1-25(26(2)40)15-20-32(48-38(43)28-11-8-7-9-12-28)36-33(49-39(3,4)50-36)14-10-13-29-21-31(22-34(47-24-44-5)35(29)37(41)42)46-23-27-16-18-30(45-6)19-17-27/h7-13,15-22,25-26,32-33,36,40H,14,23-24H2,1-6H3,(H,41,42)/t25-,26+,32?,33+,36-/m1/s1. The van der Waals surface area contributed by atoms with Crippen LogP contribution in [0.1, 0.15) is 66.0 Å². The van der Waals surface area contributed by atoms with Crippen LogP contribution in [0.5, 0.6) is 17.2 Å². The molecule has 0 aliphatic carbocycles. The SMILES string of the molecule is COCOc1cc(OCc2ccc(OC)cc2)cc(C=CC[C@@H]2OC(C)(C)O[C@@H]2C(C=C[C@@H](C)[C@H](C)O)OC(=O)c2ccccc2)c1C(=O)O. The molecule has 1 saturated heterocycles. The first-order chi connectivity index (χ1) is 23.9. The lowest BCUT2D eigenvalue weighted by molar-refractivity contribution is -0.152. The summed E-state index contributed by atoms with van der Waals surface area (Å²) in [5.41, 5.74) is 1.53. The first-order valence-corrected chi connectivity index (χ1v) is 16.3. The minimum Gasteiger partial charge on any atom is -0.497 e. The molecule has 268 valence electrons. The van der Waals surface area contributed by atoms with E-state index in [1.165, 1.54) is 13.2 Å². The summed E-state index contributed by atoms with van der Waals surface area (Å²) >= 11 is 0. The average molecular weight is 691 g/mol. The summed E-state index contributed by atoms with van der Waals surface area (Å²) in [5.74, 6) is -1.76. The van der Waals surface area contributed by atoms with Crippen molar-refractivity contribution in [1.29, 1.82) is 0 Å². The van der Waals surface area contributed by atoms with E-state index in [1.807, 2.05) is 37.3 Å². The Labute approximate surface area is 293 Å². The number of hydrogen-bond acceptors (Lipinski definition) is 10. The third-order valence-corrected chi connectivity index (χ3v) is 8.05. The van der Waals surface area contributed by atoms with E-state index >= 15 is 0 Å². The highest BCUT2D eigenvalue weighted by Gasteiger charge is 2.45. The van der Waals surface area contributed by atoms with E-state index in [4.69, 9.17) is 33.2 Å². The summed E-state index contributed by atoms with van der Waals surface area (Å²) in [6, 6.07) is 19.2. The lowest BCUT2D eigenvalue weighted by Gasteiger charge is -2.25. The quantitative estimate of drug-likeness (QED) is 0.0891. The van der Waals surface area contributed by atoms with Crippen molar-refractivity contribution in [1.82, 2.24) is 0 Å². The average Bonchev–Trinajstić information content (AvgIpc) is 3.41. The van der Waals surface area contributed by atoms with Gasteiger partial charge in [-0.3, -0.25) is 0 Å².